The van der Waals surface area contributed by atoms with Crippen LogP contribution in [0.3, 0.4) is 0 Å². The van der Waals surface area contributed by atoms with Crippen molar-refractivity contribution in [3.05, 3.63) is 34.3 Å². The molecule has 0 N–H and O–H groups in total. The van der Waals surface area contributed by atoms with Crippen LogP contribution in [0.5, 0.6) is 0 Å². The minimum Gasteiger partial charge on any atom is -0.253 e. The predicted molar refractivity (Wildman–Crippen MR) is 78.8 cm³/mol. The van der Waals surface area contributed by atoms with E-state index >= 15 is 0 Å². The standard InChI is InChI=1S/C10H9BrCl3NO3S/c11-8-3-1-7(2-4-8)9-5-15(9)19(16,17)18-6-10(12,13)14/h1-4,9H,5-6H2. The van der Waals surface area contributed by atoms with Gasteiger partial charge in [-0.05, 0) is 17.7 Å². The molecule has 1 aliphatic rings. The van der Waals surface area contributed by atoms with Gasteiger partial charge in [-0.2, -0.15) is 12.7 Å². The monoisotopic (exact) mass is 407 g/mol. The van der Waals surface area contributed by atoms with Gasteiger partial charge in [0.15, 0.2) is 0 Å². The molecule has 0 spiro atoms. The van der Waals surface area contributed by atoms with Gasteiger partial charge < -0.3 is 0 Å². The maximum atomic E-state index is 11.8. The average Bonchev–Trinajstić information content (AvgIpc) is 3.07. The van der Waals surface area contributed by atoms with Crippen molar-refractivity contribution in [3.8, 4) is 0 Å². The number of rotatable bonds is 4. The first kappa shape index (κ1) is 15.8. The Hall–Kier alpha value is 0.440. The van der Waals surface area contributed by atoms with Crippen LogP contribution in [0.15, 0.2) is 28.7 Å². The topological polar surface area (TPSA) is 46.4 Å². The van der Waals surface area contributed by atoms with E-state index in [1.807, 2.05) is 24.3 Å². The molecule has 0 aromatic heterocycles. The molecule has 0 bridgehead atoms. The number of benzene rings is 1. The van der Waals surface area contributed by atoms with Crippen molar-refractivity contribution in [2.75, 3.05) is 13.2 Å². The summed E-state index contributed by atoms with van der Waals surface area (Å²) in [4.78, 5) is 0. The van der Waals surface area contributed by atoms with Crippen LogP contribution in [0.25, 0.3) is 0 Å². The number of nitrogens with zero attached hydrogens (tertiary/aromatic N) is 1. The van der Waals surface area contributed by atoms with E-state index in [1.165, 1.54) is 4.31 Å². The highest BCUT2D eigenvalue weighted by atomic mass is 79.9. The normalized spacial score (nSPS) is 23.4. The van der Waals surface area contributed by atoms with E-state index in [4.69, 9.17) is 34.8 Å². The number of alkyl halides is 3. The van der Waals surface area contributed by atoms with Gasteiger partial charge in [0.1, 0.15) is 6.61 Å². The van der Waals surface area contributed by atoms with Crippen LogP contribution < -0.4 is 0 Å². The van der Waals surface area contributed by atoms with Gasteiger partial charge >= 0.3 is 10.3 Å². The van der Waals surface area contributed by atoms with Crippen molar-refractivity contribution in [2.45, 2.75) is 9.83 Å². The lowest BCUT2D eigenvalue weighted by atomic mass is 10.2. The van der Waals surface area contributed by atoms with Crippen LogP contribution in [0.4, 0.5) is 0 Å². The zero-order chi connectivity index (χ0) is 14.3. The van der Waals surface area contributed by atoms with Crippen LogP contribution in [-0.2, 0) is 14.5 Å². The Balaban J connectivity index is 2.00. The van der Waals surface area contributed by atoms with Gasteiger partial charge in [0.05, 0.1) is 6.04 Å². The summed E-state index contributed by atoms with van der Waals surface area (Å²) in [6.45, 7) is -0.145. The van der Waals surface area contributed by atoms with E-state index in [2.05, 4.69) is 20.1 Å². The Kier molecular flexibility index (Phi) is 4.72. The Labute approximate surface area is 135 Å². The lowest BCUT2D eigenvalue weighted by molar-refractivity contribution is 0.305. The van der Waals surface area contributed by atoms with Crippen molar-refractivity contribution in [1.29, 1.82) is 0 Å². The fourth-order valence-electron chi connectivity index (χ4n) is 1.54. The average molecular weight is 410 g/mol. The quantitative estimate of drug-likeness (QED) is 0.565. The van der Waals surface area contributed by atoms with Gasteiger partial charge in [-0.1, -0.05) is 62.9 Å². The van der Waals surface area contributed by atoms with E-state index in [9.17, 15) is 8.42 Å². The SMILES string of the molecule is O=S(=O)(OCC(Cl)(Cl)Cl)N1CC1c1ccc(Br)cc1. The zero-order valence-corrected chi connectivity index (χ0v) is 14.1. The molecule has 0 aliphatic carbocycles. The fourth-order valence-corrected chi connectivity index (χ4v) is 3.38. The van der Waals surface area contributed by atoms with E-state index in [1.54, 1.807) is 0 Å². The third-order valence-electron chi connectivity index (χ3n) is 2.48. The van der Waals surface area contributed by atoms with Crippen LogP contribution in [0.2, 0.25) is 0 Å². The number of hydrogen-bond donors (Lipinski definition) is 0. The van der Waals surface area contributed by atoms with Crippen LogP contribution in [-0.4, -0.2) is 29.7 Å². The molecular formula is C10H9BrCl3NO3S. The van der Waals surface area contributed by atoms with Crippen LogP contribution in [0, 0.1) is 0 Å². The summed E-state index contributed by atoms with van der Waals surface area (Å²) in [5, 5.41) is 0. The van der Waals surface area contributed by atoms with Crippen molar-refractivity contribution in [2.24, 2.45) is 0 Å². The first-order valence-electron chi connectivity index (χ1n) is 5.17. The molecule has 9 heteroatoms. The van der Waals surface area contributed by atoms with Gasteiger partial charge in [0, 0.05) is 11.0 Å². The second-order valence-electron chi connectivity index (χ2n) is 3.97. The molecule has 1 aliphatic heterocycles. The van der Waals surface area contributed by atoms with E-state index in [-0.39, 0.29) is 6.04 Å². The molecule has 2 unspecified atom stereocenters. The highest BCUT2D eigenvalue weighted by molar-refractivity contribution is 9.10. The van der Waals surface area contributed by atoms with Gasteiger partial charge in [-0.3, -0.25) is 4.18 Å². The first-order valence-corrected chi connectivity index (χ1v) is 8.47. The molecule has 2 rings (SSSR count). The smallest absolute Gasteiger partial charge is 0.253 e. The van der Waals surface area contributed by atoms with Crippen LogP contribution in [0.1, 0.15) is 11.6 Å². The second kappa shape index (κ2) is 5.67. The largest absolute Gasteiger partial charge is 0.339 e. The van der Waals surface area contributed by atoms with E-state index < -0.39 is 20.7 Å². The summed E-state index contributed by atoms with van der Waals surface area (Å²) in [7, 11) is -3.86. The molecule has 2 atom stereocenters. The highest BCUT2D eigenvalue weighted by Gasteiger charge is 2.46. The summed E-state index contributed by atoms with van der Waals surface area (Å²) in [5.74, 6) is 0. The van der Waals surface area contributed by atoms with Crippen molar-refractivity contribution >= 4 is 61.0 Å². The van der Waals surface area contributed by atoms with Crippen molar-refractivity contribution in [1.82, 2.24) is 4.31 Å². The van der Waals surface area contributed by atoms with Gasteiger partial charge in [-0.25, -0.2) is 0 Å². The summed E-state index contributed by atoms with van der Waals surface area (Å²) >= 11 is 19.7. The number of halogens is 4. The molecule has 1 fully saturated rings. The summed E-state index contributed by atoms with van der Waals surface area (Å²) in [6, 6.07) is 7.17. The molecular weight excluding hydrogens is 400 g/mol. The summed E-state index contributed by atoms with van der Waals surface area (Å²) in [6.07, 6.45) is 0. The molecule has 1 heterocycles. The minimum atomic E-state index is -3.86. The Bertz CT molecular complexity index is 558. The number of hydrogen-bond acceptors (Lipinski definition) is 3. The molecule has 0 radical (unpaired) electrons. The maximum Gasteiger partial charge on any atom is 0.339 e. The minimum absolute atomic E-state index is 0.214. The van der Waals surface area contributed by atoms with Crippen LogP contribution >= 0.6 is 50.7 Å². The molecule has 1 aromatic rings. The van der Waals surface area contributed by atoms with Crippen molar-refractivity contribution in [3.63, 3.8) is 0 Å². The lowest BCUT2D eigenvalue weighted by Crippen LogP contribution is -2.22. The summed E-state index contributed by atoms with van der Waals surface area (Å²) < 4.78 is 28.7. The Morgan fingerprint density at radius 1 is 1.32 bits per heavy atom. The molecule has 0 saturated carbocycles. The third kappa shape index (κ3) is 4.46. The molecule has 1 saturated heterocycles. The fraction of sp³-hybridized carbons (Fsp3) is 0.400. The Morgan fingerprint density at radius 2 is 1.89 bits per heavy atom. The second-order valence-corrected chi connectivity index (χ2v) is 8.96. The van der Waals surface area contributed by atoms with Gasteiger partial charge in [0.25, 0.3) is 0 Å². The molecule has 1 aromatic carbocycles. The van der Waals surface area contributed by atoms with Gasteiger partial charge in [0.2, 0.25) is 3.79 Å². The highest BCUT2D eigenvalue weighted by Crippen LogP contribution is 2.39. The zero-order valence-electron chi connectivity index (χ0n) is 9.39. The molecule has 0 amide bonds. The Morgan fingerprint density at radius 3 is 2.42 bits per heavy atom. The molecule has 4 nitrogen and oxygen atoms in total. The van der Waals surface area contributed by atoms with Crippen molar-refractivity contribution < 1.29 is 12.6 Å². The predicted octanol–water partition coefficient (Wildman–Crippen LogP) is 3.44. The van der Waals surface area contributed by atoms with E-state index in [0.717, 1.165) is 10.0 Å². The first-order chi connectivity index (χ1) is 8.69. The lowest BCUT2D eigenvalue weighted by Gasteiger charge is -2.12. The maximum absolute atomic E-state index is 11.8. The van der Waals surface area contributed by atoms with E-state index in [0.29, 0.717) is 6.54 Å². The van der Waals surface area contributed by atoms with Gasteiger partial charge in [-0.15, -0.1) is 0 Å². The summed E-state index contributed by atoms with van der Waals surface area (Å²) in [5.41, 5.74) is 0.893. The molecule has 19 heavy (non-hydrogen) atoms. The third-order valence-corrected chi connectivity index (χ3v) is 4.73. The molecule has 106 valence electrons.